The molecule has 7 heteroatoms. The first-order valence-corrected chi connectivity index (χ1v) is 11.4. The highest BCUT2D eigenvalue weighted by molar-refractivity contribution is 8.00. The van der Waals surface area contributed by atoms with Gasteiger partial charge in [-0.1, -0.05) is 31.5 Å². The Morgan fingerprint density at radius 2 is 2.08 bits per heavy atom. The Balaban J connectivity index is 1.47. The second-order valence-electron chi connectivity index (χ2n) is 8.72. The second-order valence-corrected chi connectivity index (χ2v) is 10.4. The van der Waals surface area contributed by atoms with E-state index < -0.39 is 0 Å². The summed E-state index contributed by atoms with van der Waals surface area (Å²) >= 11 is 8.77. The van der Waals surface area contributed by atoms with Crippen LogP contribution in [0, 0.1) is 5.92 Å². The molecule has 4 aliphatic rings. The first-order valence-electron chi connectivity index (χ1n) is 10.0. The normalized spacial score (nSPS) is 49.8. The number of thioether (sulfide) groups is 1. The summed E-state index contributed by atoms with van der Waals surface area (Å²) in [6.45, 7) is 9.99. The highest BCUT2D eigenvalue weighted by Gasteiger charge is 2.54. The maximum absolute atomic E-state index is 6.72. The minimum Gasteiger partial charge on any atom is -0.324 e. The number of rotatable bonds is 3. The van der Waals surface area contributed by atoms with Crippen molar-refractivity contribution in [2.24, 2.45) is 11.7 Å². The number of fused-ring (bicyclic) bond motifs is 1. The van der Waals surface area contributed by atoms with Gasteiger partial charge in [0.15, 0.2) is 0 Å². The van der Waals surface area contributed by atoms with Crippen LogP contribution in [0.5, 0.6) is 0 Å². The summed E-state index contributed by atoms with van der Waals surface area (Å²) in [5.74, 6) is 0.605. The van der Waals surface area contributed by atoms with Crippen molar-refractivity contribution in [3.63, 3.8) is 0 Å². The number of hydrazine groups is 1. The molecular formula is C18H34ClN5S. The molecule has 1 aliphatic carbocycles. The molecule has 0 aromatic heterocycles. The molecule has 4 fully saturated rings. The van der Waals surface area contributed by atoms with E-state index in [0.717, 1.165) is 26.1 Å². The molecule has 4 rings (SSSR count). The number of nitrogens with two attached hydrogens (primary N) is 1. The van der Waals surface area contributed by atoms with E-state index >= 15 is 0 Å². The van der Waals surface area contributed by atoms with Crippen LogP contribution >= 0.6 is 23.4 Å². The average molecular weight is 388 g/mol. The van der Waals surface area contributed by atoms with Gasteiger partial charge in [-0.3, -0.25) is 10.2 Å². The Bertz CT molecular complexity index is 492. The van der Waals surface area contributed by atoms with E-state index in [4.69, 9.17) is 17.3 Å². The van der Waals surface area contributed by atoms with Gasteiger partial charge in [-0.05, 0) is 39.0 Å². The molecule has 3 N–H and O–H groups in total. The Hall–Kier alpha value is 0.440. The Morgan fingerprint density at radius 3 is 2.72 bits per heavy atom. The van der Waals surface area contributed by atoms with Crippen molar-refractivity contribution < 1.29 is 0 Å². The van der Waals surface area contributed by atoms with E-state index in [0.29, 0.717) is 34.4 Å². The molecule has 25 heavy (non-hydrogen) atoms. The summed E-state index contributed by atoms with van der Waals surface area (Å²) in [6.07, 6.45) is 6.17. The largest absolute Gasteiger partial charge is 0.324 e. The average Bonchev–Trinajstić information content (AvgIpc) is 3.20. The topological polar surface area (TPSA) is 47.8 Å². The van der Waals surface area contributed by atoms with Crippen molar-refractivity contribution in [2.45, 2.75) is 86.9 Å². The summed E-state index contributed by atoms with van der Waals surface area (Å²) in [6, 6.07) is 1.01. The predicted octanol–water partition coefficient (Wildman–Crippen LogP) is 2.42. The van der Waals surface area contributed by atoms with Gasteiger partial charge >= 0.3 is 0 Å². The van der Waals surface area contributed by atoms with Crippen molar-refractivity contribution in [2.75, 3.05) is 19.6 Å². The van der Waals surface area contributed by atoms with Crippen LogP contribution in [0.2, 0.25) is 0 Å². The summed E-state index contributed by atoms with van der Waals surface area (Å²) in [7, 11) is 0. The number of nitrogens with zero attached hydrogens (tertiary/aromatic N) is 3. The Morgan fingerprint density at radius 1 is 1.32 bits per heavy atom. The van der Waals surface area contributed by atoms with E-state index in [1.807, 2.05) is 0 Å². The van der Waals surface area contributed by atoms with Crippen LogP contribution in [0.4, 0.5) is 0 Å². The molecule has 144 valence electrons. The number of halogens is 1. The molecule has 0 spiro atoms. The lowest BCUT2D eigenvalue weighted by Crippen LogP contribution is -2.53. The summed E-state index contributed by atoms with van der Waals surface area (Å²) in [5.41, 5.74) is 7.13. The zero-order valence-corrected chi connectivity index (χ0v) is 17.4. The van der Waals surface area contributed by atoms with Gasteiger partial charge in [-0.15, -0.1) is 11.6 Å². The second kappa shape index (κ2) is 7.12. The van der Waals surface area contributed by atoms with Crippen molar-refractivity contribution in [1.82, 2.24) is 20.2 Å². The first-order chi connectivity index (χ1) is 11.9. The Labute approximate surface area is 161 Å². The fourth-order valence-corrected chi connectivity index (χ4v) is 7.42. The van der Waals surface area contributed by atoms with Crippen LogP contribution in [-0.2, 0) is 0 Å². The van der Waals surface area contributed by atoms with Gasteiger partial charge in [-0.2, -0.15) is 0 Å². The fourth-order valence-electron chi connectivity index (χ4n) is 5.33. The SMILES string of the molecule is CCN1C(N2CCC(C)(N)C2)SC2NC(C3CCCCC3Cl)C(C)N21. The van der Waals surface area contributed by atoms with Crippen molar-refractivity contribution in [1.29, 1.82) is 0 Å². The summed E-state index contributed by atoms with van der Waals surface area (Å²) in [4.78, 5) is 2.57. The molecule has 5 nitrogen and oxygen atoms in total. The molecule has 1 saturated carbocycles. The lowest BCUT2D eigenvalue weighted by Gasteiger charge is -2.39. The van der Waals surface area contributed by atoms with Crippen molar-refractivity contribution >= 4 is 23.4 Å². The number of likely N-dealkylation sites (tertiary alicyclic amines) is 1. The van der Waals surface area contributed by atoms with Gasteiger partial charge in [0, 0.05) is 42.6 Å². The molecule has 0 aromatic carbocycles. The van der Waals surface area contributed by atoms with Gasteiger partial charge in [0.05, 0.1) is 0 Å². The van der Waals surface area contributed by atoms with Crippen LogP contribution in [0.1, 0.15) is 52.9 Å². The molecular weight excluding hydrogens is 354 g/mol. The van der Waals surface area contributed by atoms with Crippen LogP contribution in [0.3, 0.4) is 0 Å². The van der Waals surface area contributed by atoms with E-state index in [9.17, 15) is 0 Å². The predicted molar refractivity (Wildman–Crippen MR) is 106 cm³/mol. The number of hydrogen-bond acceptors (Lipinski definition) is 6. The maximum atomic E-state index is 6.72. The quantitative estimate of drug-likeness (QED) is 0.725. The third-order valence-electron chi connectivity index (χ3n) is 6.68. The zero-order valence-electron chi connectivity index (χ0n) is 15.8. The standard InChI is InChI=1S/C18H34ClN5S/c1-4-23-17(22-10-9-18(3,20)11-22)25-16-21-15(12(2)24(16)23)13-7-5-6-8-14(13)19/h12-17,21H,4-11,20H2,1-3H3. The van der Waals surface area contributed by atoms with Crippen molar-refractivity contribution in [3.05, 3.63) is 0 Å². The highest BCUT2D eigenvalue weighted by atomic mass is 35.5. The van der Waals surface area contributed by atoms with Crippen LogP contribution in [0.25, 0.3) is 0 Å². The van der Waals surface area contributed by atoms with Gasteiger partial charge in [0.1, 0.15) is 11.0 Å². The van der Waals surface area contributed by atoms with Crippen LogP contribution in [0.15, 0.2) is 0 Å². The van der Waals surface area contributed by atoms with Gasteiger partial charge in [0.25, 0.3) is 0 Å². The molecule has 3 aliphatic heterocycles. The maximum Gasteiger partial charge on any atom is 0.126 e. The summed E-state index contributed by atoms with van der Waals surface area (Å²) < 4.78 is 0. The van der Waals surface area contributed by atoms with E-state index in [2.05, 4.69) is 52.8 Å². The minimum absolute atomic E-state index is 0.0392. The molecule has 3 heterocycles. The fraction of sp³-hybridized carbons (Fsp3) is 1.00. The van der Waals surface area contributed by atoms with Crippen molar-refractivity contribution in [3.8, 4) is 0 Å². The van der Waals surface area contributed by atoms with Crippen LogP contribution < -0.4 is 11.1 Å². The smallest absolute Gasteiger partial charge is 0.126 e. The third-order valence-corrected chi connectivity index (χ3v) is 8.62. The number of nitrogens with one attached hydrogen (secondary N) is 1. The lowest BCUT2D eigenvalue weighted by atomic mass is 9.81. The molecule has 3 saturated heterocycles. The summed E-state index contributed by atoms with van der Waals surface area (Å²) in [5, 5.41) is 9.45. The van der Waals surface area contributed by atoms with E-state index in [1.54, 1.807) is 0 Å². The molecule has 7 unspecified atom stereocenters. The van der Waals surface area contributed by atoms with Gasteiger partial charge < -0.3 is 5.73 Å². The zero-order chi connectivity index (χ0) is 17.8. The molecule has 0 bridgehead atoms. The number of hydrogen-bond donors (Lipinski definition) is 2. The number of alkyl halides is 1. The van der Waals surface area contributed by atoms with Crippen LogP contribution in [-0.4, -0.2) is 68.5 Å². The van der Waals surface area contributed by atoms with E-state index in [1.165, 1.54) is 25.7 Å². The minimum atomic E-state index is -0.0392. The molecule has 0 aromatic rings. The lowest BCUT2D eigenvalue weighted by molar-refractivity contribution is -0.0701. The third kappa shape index (κ3) is 3.37. The molecule has 0 amide bonds. The highest BCUT2D eigenvalue weighted by Crippen LogP contribution is 2.45. The molecule has 0 radical (unpaired) electrons. The Kier molecular flexibility index (Phi) is 5.35. The van der Waals surface area contributed by atoms with Gasteiger partial charge in [-0.25, -0.2) is 10.0 Å². The van der Waals surface area contributed by atoms with E-state index in [-0.39, 0.29) is 5.54 Å². The first kappa shape index (κ1) is 18.8. The van der Waals surface area contributed by atoms with Gasteiger partial charge in [0.2, 0.25) is 0 Å². The molecule has 7 atom stereocenters. The monoisotopic (exact) mass is 387 g/mol.